The molecule has 1 saturated heterocycles. The van der Waals surface area contributed by atoms with Crippen LogP contribution in [-0.4, -0.2) is 29.8 Å². The van der Waals surface area contributed by atoms with Crippen molar-refractivity contribution in [3.63, 3.8) is 0 Å². The number of hydrogen-bond acceptors (Lipinski definition) is 2. The molecular weight excluding hydrogens is 192 g/mol. The summed E-state index contributed by atoms with van der Waals surface area (Å²) >= 11 is 0. The van der Waals surface area contributed by atoms with Crippen LogP contribution in [0, 0.1) is 5.92 Å². The van der Waals surface area contributed by atoms with Gasteiger partial charge < -0.3 is 10.2 Å². The molecule has 1 aliphatic heterocycles. The molecule has 2 aliphatic rings. The van der Waals surface area contributed by atoms with Gasteiger partial charge in [-0.15, -0.1) is 0 Å². The molecule has 0 aromatic heterocycles. The molecule has 1 N–H and O–H groups in total. The van der Waals surface area contributed by atoms with Crippen molar-refractivity contribution in [2.75, 3.05) is 13.1 Å². The van der Waals surface area contributed by atoms with Crippen LogP contribution in [0.15, 0.2) is 24.4 Å². The smallest absolute Gasteiger partial charge is 0.313 e. The minimum Gasteiger partial charge on any atom is -0.328 e. The molecule has 1 aliphatic carbocycles. The molecule has 4 nitrogen and oxygen atoms in total. The van der Waals surface area contributed by atoms with Crippen LogP contribution < -0.4 is 5.32 Å². The number of carbonyl (C=O) groups is 2. The SMILES string of the molecule is C=C/C=C1\CN(CC2CC2)C(=O)C(=O)N1. The first kappa shape index (κ1) is 9.96. The Kier molecular flexibility index (Phi) is 2.58. The van der Waals surface area contributed by atoms with Crippen LogP contribution >= 0.6 is 0 Å². The van der Waals surface area contributed by atoms with Crippen LogP contribution in [0.5, 0.6) is 0 Å². The average Bonchev–Trinajstić information content (AvgIpc) is 2.98. The van der Waals surface area contributed by atoms with E-state index in [1.54, 1.807) is 17.1 Å². The highest BCUT2D eigenvalue weighted by Gasteiger charge is 2.33. The summed E-state index contributed by atoms with van der Waals surface area (Å²) in [6.45, 7) is 4.77. The number of rotatable bonds is 3. The third-order valence-electron chi connectivity index (χ3n) is 2.61. The first-order valence-corrected chi connectivity index (χ1v) is 5.12. The highest BCUT2D eigenvalue weighted by atomic mass is 16.2. The summed E-state index contributed by atoms with van der Waals surface area (Å²) in [5, 5.41) is 2.55. The number of carbonyl (C=O) groups excluding carboxylic acids is 2. The first-order chi connectivity index (χ1) is 7.20. The van der Waals surface area contributed by atoms with Crippen molar-refractivity contribution in [3.8, 4) is 0 Å². The van der Waals surface area contributed by atoms with Crippen molar-refractivity contribution in [1.29, 1.82) is 0 Å². The highest BCUT2D eigenvalue weighted by molar-refractivity contribution is 6.36. The van der Waals surface area contributed by atoms with Crippen molar-refractivity contribution in [2.45, 2.75) is 12.8 Å². The van der Waals surface area contributed by atoms with Gasteiger partial charge in [0.2, 0.25) is 0 Å². The number of hydrogen-bond donors (Lipinski definition) is 1. The van der Waals surface area contributed by atoms with Crippen LogP contribution in [0.4, 0.5) is 0 Å². The molecule has 2 fully saturated rings. The van der Waals surface area contributed by atoms with Crippen molar-refractivity contribution in [1.82, 2.24) is 10.2 Å². The quantitative estimate of drug-likeness (QED) is 0.680. The molecule has 2 rings (SSSR count). The van der Waals surface area contributed by atoms with Gasteiger partial charge in [0.1, 0.15) is 0 Å². The second-order valence-corrected chi connectivity index (χ2v) is 4.01. The summed E-state index contributed by atoms with van der Waals surface area (Å²) < 4.78 is 0. The second-order valence-electron chi connectivity index (χ2n) is 4.01. The van der Waals surface area contributed by atoms with E-state index in [1.807, 2.05) is 0 Å². The van der Waals surface area contributed by atoms with Gasteiger partial charge in [0.05, 0.1) is 6.54 Å². The molecule has 1 saturated carbocycles. The Hall–Kier alpha value is -1.58. The molecular formula is C11H14N2O2. The van der Waals surface area contributed by atoms with Gasteiger partial charge >= 0.3 is 11.8 Å². The molecule has 15 heavy (non-hydrogen) atoms. The lowest BCUT2D eigenvalue weighted by molar-refractivity contribution is -0.147. The number of amides is 2. The molecule has 1 heterocycles. The van der Waals surface area contributed by atoms with Crippen LogP contribution in [0.25, 0.3) is 0 Å². The highest BCUT2D eigenvalue weighted by Crippen LogP contribution is 2.30. The number of allylic oxidation sites excluding steroid dienone is 2. The second kappa shape index (κ2) is 3.88. The number of piperazine rings is 1. The van der Waals surface area contributed by atoms with Crippen LogP contribution in [-0.2, 0) is 9.59 Å². The molecule has 80 valence electrons. The summed E-state index contributed by atoms with van der Waals surface area (Å²) in [7, 11) is 0. The zero-order valence-electron chi connectivity index (χ0n) is 8.53. The zero-order valence-corrected chi connectivity index (χ0v) is 8.53. The zero-order chi connectivity index (χ0) is 10.8. The molecule has 0 unspecified atom stereocenters. The maximum absolute atomic E-state index is 11.5. The lowest BCUT2D eigenvalue weighted by Gasteiger charge is -2.28. The Morgan fingerprint density at radius 2 is 2.20 bits per heavy atom. The van der Waals surface area contributed by atoms with Gasteiger partial charge in [-0.25, -0.2) is 0 Å². The van der Waals surface area contributed by atoms with Crippen molar-refractivity contribution in [3.05, 3.63) is 24.4 Å². The molecule has 0 bridgehead atoms. The Morgan fingerprint density at radius 3 is 2.80 bits per heavy atom. The van der Waals surface area contributed by atoms with E-state index in [1.165, 1.54) is 12.8 Å². The van der Waals surface area contributed by atoms with E-state index in [9.17, 15) is 9.59 Å². The van der Waals surface area contributed by atoms with Crippen molar-refractivity contribution in [2.24, 2.45) is 5.92 Å². The predicted octanol–water partition coefficient (Wildman–Crippen LogP) is 0.425. The summed E-state index contributed by atoms with van der Waals surface area (Å²) in [6.07, 6.45) is 5.68. The minimum absolute atomic E-state index is 0.414. The molecule has 2 amide bonds. The average molecular weight is 206 g/mol. The van der Waals surface area contributed by atoms with Crippen molar-refractivity contribution < 1.29 is 9.59 Å². The third-order valence-corrected chi connectivity index (χ3v) is 2.61. The monoisotopic (exact) mass is 206 g/mol. The maximum atomic E-state index is 11.5. The van der Waals surface area contributed by atoms with E-state index in [0.717, 1.165) is 5.70 Å². The van der Waals surface area contributed by atoms with Gasteiger partial charge in [0.25, 0.3) is 0 Å². The largest absolute Gasteiger partial charge is 0.328 e. The molecule has 0 atom stereocenters. The lowest BCUT2D eigenvalue weighted by Crippen LogP contribution is -2.51. The Balaban J connectivity index is 2.06. The fourth-order valence-corrected chi connectivity index (χ4v) is 1.66. The van der Waals surface area contributed by atoms with E-state index in [-0.39, 0.29) is 0 Å². The minimum atomic E-state index is -0.532. The van der Waals surface area contributed by atoms with E-state index in [4.69, 9.17) is 0 Å². The van der Waals surface area contributed by atoms with Crippen LogP contribution in [0.3, 0.4) is 0 Å². The predicted molar refractivity (Wildman–Crippen MR) is 55.7 cm³/mol. The topological polar surface area (TPSA) is 49.4 Å². The maximum Gasteiger partial charge on any atom is 0.313 e. The number of nitrogens with zero attached hydrogens (tertiary/aromatic N) is 1. The Labute approximate surface area is 88.6 Å². The summed E-state index contributed by atoms with van der Waals surface area (Å²) in [4.78, 5) is 24.4. The van der Waals surface area contributed by atoms with Gasteiger partial charge in [-0.1, -0.05) is 12.7 Å². The first-order valence-electron chi connectivity index (χ1n) is 5.12. The normalized spacial score (nSPS) is 24.3. The molecule has 0 aromatic rings. The molecule has 4 heteroatoms. The fourth-order valence-electron chi connectivity index (χ4n) is 1.66. The van der Waals surface area contributed by atoms with Gasteiger partial charge in [0, 0.05) is 12.2 Å². The summed E-state index contributed by atoms with van der Waals surface area (Å²) in [5.41, 5.74) is 0.746. The van der Waals surface area contributed by atoms with E-state index in [0.29, 0.717) is 19.0 Å². The van der Waals surface area contributed by atoms with Crippen molar-refractivity contribution >= 4 is 11.8 Å². The van der Waals surface area contributed by atoms with Crippen LogP contribution in [0.1, 0.15) is 12.8 Å². The van der Waals surface area contributed by atoms with Crippen LogP contribution in [0.2, 0.25) is 0 Å². The van der Waals surface area contributed by atoms with E-state index in [2.05, 4.69) is 11.9 Å². The van der Waals surface area contributed by atoms with Gasteiger partial charge in [-0.05, 0) is 24.8 Å². The van der Waals surface area contributed by atoms with E-state index < -0.39 is 11.8 Å². The van der Waals surface area contributed by atoms with Gasteiger partial charge in [-0.3, -0.25) is 9.59 Å². The van der Waals surface area contributed by atoms with E-state index >= 15 is 0 Å². The summed E-state index contributed by atoms with van der Waals surface area (Å²) in [6, 6.07) is 0. The standard InChI is InChI=1S/C11H14N2O2/c1-2-3-9-7-13(6-8-4-5-8)11(15)10(14)12-9/h2-3,8H,1,4-7H2,(H,12,14)/b9-3+. The number of nitrogens with one attached hydrogen (secondary N) is 1. The summed E-state index contributed by atoms with van der Waals surface area (Å²) in [5.74, 6) is -0.344. The van der Waals surface area contributed by atoms with Gasteiger partial charge in [0.15, 0.2) is 0 Å². The third kappa shape index (κ3) is 2.26. The lowest BCUT2D eigenvalue weighted by atomic mass is 10.2. The van der Waals surface area contributed by atoms with Gasteiger partial charge in [-0.2, -0.15) is 0 Å². The molecule has 0 radical (unpaired) electrons. The Morgan fingerprint density at radius 1 is 1.47 bits per heavy atom. The fraction of sp³-hybridized carbons (Fsp3) is 0.455. The molecule has 0 aromatic carbocycles. The Bertz CT molecular complexity index is 342. The molecule has 0 spiro atoms.